The van der Waals surface area contributed by atoms with Crippen LogP contribution in [0.1, 0.15) is 120 Å². The molecule has 73 heavy (non-hydrogen) atoms. The Labute approximate surface area is 437 Å². The molecule has 4 aliphatic rings. The summed E-state index contributed by atoms with van der Waals surface area (Å²) in [6, 6.07) is 20.1. The fraction of sp³-hybridized carbons (Fsp3) is 0.600. The number of Topliss-reactive ketones (excluding diaryl/α,β-unsaturated/α-hetero) is 1. The second-order valence-corrected chi connectivity index (χ2v) is 26.8. The molecule has 12 nitrogen and oxygen atoms in total. The molecule has 6 rings (SSSR count). The van der Waals surface area contributed by atoms with E-state index in [1.54, 1.807) is 40.4 Å². The van der Waals surface area contributed by atoms with Crippen molar-refractivity contribution in [3.63, 3.8) is 0 Å². The van der Waals surface area contributed by atoms with Crippen LogP contribution in [0.25, 0.3) is 0 Å². The number of allylic oxidation sites excluding steroid dienone is 5. The molecule has 2 aromatic rings. The molecule has 0 spiro atoms. The van der Waals surface area contributed by atoms with E-state index in [9.17, 15) is 24.3 Å². The Hall–Kier alpha value is -4.34. The Bertz CT molecular complexity index is 2250. The lowest BCUT2D eigenvalue weighted by Crippen LogP contribution is -2.68. The van der Waals surface area contributed by atoms with E-state index >= 15 is 0 Å². The highest BCUT2D eigenvalue weighted by Crippen LogP contribution is 2.42. The van der Waals surface area contributed by atoms with Crippen molar-refractivity contribution < 1.29 is 52.4 Å². The van der Waals surface area contributed by atoms with E-state index in [4.69, 9.17) is 28.1 Å². The number of ketones is 2. The number of cyclic esters (lactones) is 1. The van der Waals surface area contributed by atoms with E-state index in [0.29, 0.717) is 38.5 Å². The van der Waals surface area contributed by atoms with Gasteiger partial charge in [-0.25, -0.2) is 4.79 Å². The largest absolute Gasteiger partial charge is 0.456 e. The van der Waals surface area contributed by atoms with E-state index in [2.05, 4.69) is 88.9 Å². The highest BCUT2D eigenvalue weighted by atomic mass is 28.4. The zero-order valence-corrected chi connectivity index (χ0v) is 46.6. The number of fused-ring (bicyclic) bond motifs is 3. The second kappa shape index (κ2) is 25.5. The number of methoxy groups -OCH3 is 3. The predicted molar refractivity (Wildman–Crippen MR) is 288 cm³/mol. The summed E-state index contributed by atoms with van der Waals surface area (Å²) in [6.07, 6.45) is 11.5. The fourth-order valence-electron chi connectivity index (χ4n) is 12.2. The summed E-state index contributed by atoms with van der Waals surface area (Å²) in [7, 11) is 1.96. The summed E-state index contributed by atoms with van der Waals surface area (Å²) in [5.74, 6) is -7.06. The minimum absolute atomic E-state index is 0.0354. The Morgan fingerprint density at radius 2 is 1.47 bits per heavy atom. The van der Waals surface area contributed by atoms with Crippen molar-refractivity contribution in [2.45, 2.75) is 173 Å². The maximum atomic E-state index is 14.7. The third kappa shape index (κ3) is 13.2. The van der Waals surface area contributed by atoms with Crippen molar-refractivity contribution in [2.75, 3.05) is 27.9 Å². The topological polar surface area (TPSA) is 147 Å². The third-order valence-corrected chi connectivity index (χ3v) is 21.2. The average Bonchev–Trinajstić information content (AvgIpc) is 3.38. The maximum Gasteiger partial charge on any atom is 0.329 e. The van der Waals surface area contributed by atoms with E-state index in [0.717, 1.165) is 24.0 Å². The van der Waals surface area contributed by atoms with Crippen LogP contribution in [0.2, 0.25) is 5.04 Å². The number of carbonyl (C=O) groups is 4. The monoisotopic (exact) mass is 1020 g/mol. The van der Waals surface area contributed by atoms with Crippen LogP contribution in [0.4, 0.5) is 0 Å². The Morgan fingerprint density at radius 1 is 0.849 bits per heavy atom. The first-order valence-corrected chi connectivity index (χ1v) is 28.6. The van der Waals surface area contributed by atoms with E-state index < -0.39 is 80.0 Å². The molecular weight excluding hydrogens is 939 g/mol. The van der Waals surface area contributed by atoms with Crippen LogP contribution in [0, 0.1) is 29.6 Å². The lowest BCUT2D eigenvalue weighted by molar-refractivity contribution is -0.302. The van der Waals surface area contributed by atoms with Crippen LogP contribution < -0.4 is 10.4 Å². The maximum absolute atomic E-state index is 14.7. The molecule has 13 atom stereocenters. The number of esters is 1. The van der Waals surface area contributed by atoms with Gasteiger partial charge in [0.1, 0.15) is 18.2 Å². The van der Waals surface area contributed by atoms with Crippen LogP contribution >= 0.6 is 0 Å². The first kappa shape index (κ1) is 57.9. The number of carbonyl (C=O) groups excluding carboxylic acids is 4. The van der Waals surface area contributed by atoms with Crippen molar-refractivity contribution in [3.8, 4) is 0 Å². The van der Waals surface area contributed by atoms with Crippen LogP contribution in [-0.4, -0.2) is 118 Å². The lowest BCUT2D eigenvalue weighted by atomic mass is 9.82. The van der Waals surface area contributed by atoms with Crippen LogP contribution in [0.5, 0.6) is 0 Å². The minimum atomic E-state index is -2.89. The zero-order valence-electron chi connectivity index (χ0n) is 45.6. The summed E-state index contributed by atoms with van der Waals surface area (Å²) in [5, 5.41) is 14.4. The van der Waals surface area contributed by atoms with Gasteiger partial charge in [-0.3, -0.25) is 14.4 Å². The van der Waals surface area contributed by atoms with E-state index in [1.165, 1.54) is 15.3 Å². The normalized spacial score (nSPS) is 33.5. The van der Waals surface area contributed by atoms with Gasteiger partial charge in [0.25, 0.3) is 20.0 Å². The molecule has 3 fully saturated rings. The smallest absolute Gasteiger partial charge is 0.329 e. The van der Waals surface area contributed by atoms with Crippen molar-refractivity contribution in [1.29, 1.82) is 0 Å². The molecular formula is C60H85NO11Si. The molecule has 1 N–H and O–H groups in total. The summed E-state index contributed by atoms with van der Waals surface area (Å²) in [6.45, 7) is 20.5. The molecule has 2 aromatic carbocycles. The Balaban J connectivity index is 1.34. The summed E-state index contributed by atoms with van der Waals surface area (Å²) < 4.78 is 38.7. The number of ether oxygens (including phenoxy) is 5. The van der Waals surface area contributed by atoms with Crippen molar-refractivity contribution in [1.82, 2.24) is 4.90 Å². The van der Waals surface area contributed by atoms with Crippen molar-refractivity contribution in [3.05, 3.63) is 109 Å². The summed E-state index contributed by atoms with van der Waals surface area (Å²) in [4.78, 5) is 59.1. The number of rotatable bonds is 11. The molecule has 0 radical (unpaired) electrons. The quantitative estimate of drug-likeness (QED) is 0.0996. The Kier molecular flexibility index (Phi) is 20.2. The highest BCUT2D eigenvalue weighted by molar-refractivity contribution is 6.99. The first-order chi connectivity index (χ1) is 34.7. The van der Waals surface area contributed by atoms with Crippen LogP contribution in [-0.2, 0) is 47.3 Å². The molecule has 400 valence electrons. The van der Waals surface area contributed by atoms with E-state index in [-0.39, 0.29) is 54.3 Å². The number of nitrogens with zero attached hydrogens (tertiary/aromatic N) is 1. The van der Waals surface area contributed by atoms with Crippen LogP contribution in [0.15, 0.2) is 109 Å². The van der Waals surface area contributed by atoms with Crippen LogP contribution in [0.3, 0.4) is 0 Å². The van der Waals surface area contributed by atoms with Gasteiger partial charge in [0.2, 0.25) is 5.79 Å². The SMILES string of the molecule is C=CCC1C=C(C)CC(C)CC(OC)C2OC(O)(C(=O)C(=O)N3CCCCC3C(=O)OC(C(C)=CC3CCC(O[Si](c4ccccc4)(c4ccccc4)C(C)(C)C)C(OC)C3)C(C)/C=C\C1=O)C(C)CC2OC. The van der Waals surface area contributed by atoms with Gasteiger partial charge in [-0.15, -0.1) is 6.58 Å². The van der Waals surface area contributed by atoms with Gasteiger partial charge in [0.15, 0.2) is 5.78 Å². The van der Waals surface area contributed by atoms with Gasteiger partial charge >= 0.3 is 5.97 Å². The second-order valence-electron chi connectivity index (χ2n) is 22.5. The number of aliphatic hydroxyl groups is 1. The molecule has 2 bridgehead atoms. The number of benzene rings is 2. The molecule has 13 unspecified atom stereocenters. The number of hydrogen-bond acceptors (Lipinski definition) is 11. The highest BCUT2D eigenvalue weighted by Gasteiger charge is 2.57. The van der Waals surface area contributed by atoms with Gasteiger partial charge in [-0.2, -0.15) is 0 Å². The zero-order chi connectivity index (χ0) is 53.3. The predicted octanol–water partition coefficient (Wildman–Crippen LogP) is 9.03. The summed E-state index contributed by atoms with van der Waals surface area (Å²) >= 11 is 0. The van der Waals surface area contributed by atoms with E-state index in [1.807, 2.05) is 45.1 Å². The molecule has 3 heterocycles. The fourth-order valence-corrected chi connectivity index (χ4v) is 16.9. The number of piperidine rings is 1. The molecule has 1 aliphatic carbocycles. The van der Waals surface area contributed by atoms with Gasteiger partial charge in [-0.05, 0) is 117 Å². The lowest BCUT2D eigenvalue weighted by Gasteiger charge is -2.47. The summed E-state index contributed by atoms with van der Waals surface area (Å²) in [5.41, 5.74) is 1.81. The molecule has 0 aromatic heterocycles. The standard InChI is InChI=1S/C60H85NO11Si/c1-13-22-45-34-39(2)33-40(3)35-52(68-11)55-53(69-12)37-43(6)60(66,71-55)56(63)57(64)61-32-21-20-27-48(61)58(65)70-54(41(4)28-30-49(45)62)42(5)36-44-29-31-50(51(38-44)67-10)72-73(59(7,8)9,46-23-16-14-17-24-46)47-25-18-15-19-26-47/h13-19,23-26,28,30,34,36,40-41,43-45,48,50-55,66H,1,20-22,27,29,31-33,35,37-38H2,2-12H3/b30-28-,39-34?,42-36?. The Morgan fingerprint density at radius 3 is 2.05 bits per heavy atom. The average molecular weight is 1020 g/mol. The van der Waals surface area contributed by atoms with Crippen molar-refractivity contribution in [2.24, 2.45) is 29.6 Å². The van der Waals surface area contributed by atoms with Gasteiger partial charge in [0, 0.05) is 45.6 Å². The number of hydrogen-bond donors (Lipinski definition) is 1. The molecule has 1 amide bonds. The van der Waals surface area contributed by atoms with Gasteiger partial charge < -0.3 is 38.1 Å². The van der Waals surface area contributed by atoms with Crippen molar-refractivity contribution >= 4 is 42.1 Å². The van der Waals surface area contributed by atoms with Gasteiger partial charge in [-0.1, -0.05) is 132 Å². The number of amides is 1. The minimum Gasteiger partial charge on any atom is -0.456 e. The third-order valence-electron chi connectivity index (χ3n) is 16.1. The first-order valence-electron chi connectivity index (χ1n) is 26.7. The molecule has 2 saturated heterocycles. The molecule has 1 saturated carbocycles. The molecule has 13 heteroatoms. The molecule has 3 aliphatic heterocycles. The van der Waals surface area contributed by atoms with Gasteiger partial charge in [0.05, 0.1) is 24.4 Å².